The molecular formula is C23H28N4O3. The summed E-state index contributed by atoms with van der Waals surface area (Å²) in [5, 5.41) is 3.00. The van der Waals surface area contributed by atoms with E-state index in [4.69, 9.17) is 4.74 Å². The number of piperidine rings is 1. The molecule has 0 spiro atoms. The van der Waals surface area contributed by atoms with E-state index >= 15 is 0 Å². The number of likely N-dealkylation sites (tertiary alicyclic amines) is 1. The van der Waals surface area contributed by atoms with Crippen LogP contribution in [0.2, 0.25) is 0 Å². The van der Waals surface area contributed by atoms with Crippen molar-refractivity contribution in [2.45, 2.75) is 25.8 Å². The van der Waals surface area contributed by atoms with Crippen LogP contribution < -0.4 is 15.7 Å². The van der Waals surface area contributed by atoms with Gasteiger partial charge in [-0.25, -0.2) is 4.79 Å². The van der Waals surface area contributed by atoms with E-state index in [1.807, 2.05) is 54.0 Å². The predicted molar refractivity (Wildman–Crippen MR) is 117 cm³/mol. The van der Waals surface area contributed by atoms with E-state index in [9.17, 15) is 9.59 Å². The number of benzene rings is 2. The molecule has 4 rings (SSSR count). The highest BCUT2D eigenvalue weighted by molar-refractivity contribution is 5.96. The number of amides is 1. The SMILES string of the molecule is CCOc1ccccc1C(=O)NCCN1CCC(n2c(=O)[nH]c3ccccc32)CC1. The average molecular weight is 409 g/mol. The van der Waals surface area contributed by atoms with Crippen LogP contribution in [0.4, 0.5) is 0 Å². The van der Waals surface area contributed by atoms with Gasteiger partial charge < -0.3 is 19.9 Å². The molecule has 1 aromatic heterocycles. The molecule has 2 heterocycles. The molecule has 0 atom stereocenters. The van der Waals surface area contributed by atoms with Crippen molar-refractivity contribution in [1.82, 2.24) is 19.8 Å². The van der Waals surface area contributed by atoms with Crippen molar-refractivity contribution in [1.29, 1.82) is 0 Å². The maximum Gasteiger partial charge on any atom is 0.326 e. The fraction of sp³-hybridized carbons (Fsp3) is 0.391. The third-order valence-electron chi connectivity index (χ3n) is 5.69. The van der Waals surface area contributed by atoms with E-state index in [1.165, 1.54) is 0 Å². The number of hydrogen-bond acceptors (Lipinski definition) is 4. The number of hydrogen-bond donors (Lipinski definition) is 2. The van der Waals surface area contributed by atoms with Gasteiger partial charge in [0.2, 0.25) is 0 Å². The van der Waals surface area contributed by atoms with Crippen LogP contribution in [0.3, 0.4) is 0 Å². The average Bonchev–Trinajstić information content (AvgIpc) is 3.10. The lowest BCUT2D eigenvalue weighted by Crippen LogP contribution is -2.41. The molecule has 7 heteroatoms. The Labute approximate surface area is 175 Å². The molecule has 2 aromatic carbocycles. The Morgan fingerprint density at radius 3 is 2.67 bits per heavy atom. The second-order valence-corrected chi connectivity index (χ2v) is 7.58. The Morgan fingerprint density at radius 2 is 1.87 bits per heavy atom. The van der Waals surface area contributed by atoms with Gasteiger partial charge in [-0.05, 0) is 44.0 Å². The number of fused-ring (bicyclic) bond motifs is 1. The number of carbonyl (C=O) groups is 1. The molecule has 2 N–H and O–H groups in total. The summed E-state index contributed by atoms with van der Waals surface area (Å²) in [4.78, 5) is 30.2. The first-order chi connectivity index (χ1) is 14.7. The Morgan fingerprint density at radius 1 is 1.13 bits per heavy atom. The summed E-state index contributed by atoms with van der Waals surface area (Å²) in [5.41, 5.74) is 2.40. The Kier molecular flexibility index (Phi) is 6.18. The zero-order valence-corrected chi connectivity index (χ0v) is 17.3. The third kappa shape index (κ3) is 4.26. The predicted octanol–water partition coefficient (Wildman–Crippen LogP) is 2.80. The van der Waals surface area contributed by atoms with Crippen LogP contribution >= 0.6 is 0 Å². The van der Waals surface area contributed by atoms with Gasteiger partial charge in [0.15, 0.2) is 0 Å². The zero-order chi connectivity index (χ0) is 20.9. The lowest BCUT2D eigenvalue weighted by atomic mass is 10.0. The summed E-state index contributed by atoms with van der Waals surface area (Å²) in [7, 11) is 0. The number of para-hydroxylation sites is 3. The first kappa shape index (κ1) is 20.2. The molecule has 1 amide bonds. The molecule has 0 saturated carbocycles. The highest BCUT2D eigenvalue weighted by atomic mass is 16.5. The topological polar surface area (TPSA) is 79.4 Å². The standard InChI is InChI=1S/C23H28N4O3/c1-2-30-21-10-6-3-7-18(21)22(28)24-13-16-26-14-11-17(12-15-26)27-20-9-5-4-8-19(20)25-23(27)29/h3-10,17H,2,11-16H2,1H3,(H,24,28)(H,25,29). The molecule has 1 saturated heterocycles. The van der Waals surface area contributed by atoms with E-state index in [1.54, 1.807) is 6.07 Å². The van der Waals surface area contributed by atoms with Crippen LogP contribution in [0.5, 0.6) is 5.75 Å². The van der Waals surface area contributed by atoms with Gasteiger partial charge in [-0.3, -0.25) is 9.36 Å². The minimum Gasteiger partial charge on any atom is -0.493 e. The number of aromatic nitrogens is 2. The van der Waals surface area contributed by atoms with Gasteiger partial charge >= 0.3 is 5.69 Å². The highest BCUT2D eigenvalue weighted by Crippen LogP contribution is 2.24. The lowest BCUT2D eigenvalue weighted by Gasteiger charge is -2.32. The summed E-state index contributed by atoms with van der Waals surface area (Å²) in [5.74, 6) is 0.502. The summed E-state index contributed by atoms with van der Waals surface area (Å²) in [6.07, 6.45) is 1.84. The molecule has 0 radical (unpaired) electrons. The Balaban J connectivity index is 1.29. The Hall–Kier alpha value is -3.06. The minimum atomic E-state index is -0.112. The number of ether oxygens (including phenoxy) is 1. The number of carbonyl (C=O) groups excluding carboxylic acids is 1. The zero-order valence-electron chi connectivity index (χ0n) is 17.3. The number of nitrogens with zero attached hydrogens (tertiary/aromatic N) is 2. The molecule has 7 nitrogen and oxygen atoms in total. The first-order valence-corrected chi connectivity index (χ1v) is 10.6. The van der Waals surface area contributed by atoms with E-state index in [2.05, 4.69) is 15.2 Å². The molecule has 0 bridgehead atoms. The molecule has 30 heavy (non-hydrogen) atoms. The molecule has 3 aromatic rings. The van der Waals surface area contributed by atoms with Gasteiger partial charge in [-0.2, -0.15) is 0 Å². The van der Waals surface area contributed by atoms with Crippen molar-refractivity contribution in [2.24, 2.45) is 0 Å². The van der Waals surface area contributed by atoms with Gasteiger partial charge in [0.1, 0.15) is 5.75 Å². The second kappa shape index (κ2) is 9.17. The van der Waals surface area contributed by atoms with E-state index < -0.39 is 0 Å². The van der Waals surface area contributed by atoms with Crippen LogP contribution in [-0.2, 0) is 0 Å². The number of H-pyrrole nitrogens is 1. The summed E-state index contributed by atoms with van der Waals surface area (Å²) < 4.78 is 7.44. The Bertz CT molecular complexity index is 1060. The highest BCUT2D eigenvalue weighted by Gasteiger charge is 2.23. The summed E-state index contributed by atoms with van der Waals surface area (Å²) >= 11 is 0. The van der Waals surface area contributed by atoms with Crippen LogP contribution in [-0.4, -0.2) is 53.1 Å². The quantitative estimate of drug-likeness (QED) is 0.630. The number of nitrogens with one attached hydrogen (secondary N) is 2. The summed E-state index contributed by atoms with van der Waals surface area (Å²) in [6, 6.07) is 15.3. The van der Waals surface area contributed by atoms with Gasteiger partial charge in [-0.1, -0.05) is 24.3 Å². The maximum absolute atomic E-state index is 12.5. The van der Waals surface area contributed by atoms with Crippen molar-refractivity contribution in [3.63, 3.8) is 0 Å². The normalized spacial score (nSPS) is 15.4. The van der Waals surface area contributed by atoms with Crippen molar-refractivity contribution in [2.75, 3.05) is 32.8 Å². The maximum atomic E-state index is 12.5. The van der Waals surface area contributed by atoms with Gasteiger partial charge in [0, 0.05) is 32.2 Å². The molecule has 0 unspecified atom stereocenters. The molecule has 1 aliphatic rings. The molecule has 1 fully saturated rings. The fourth-order valence-corrected chi connectivity index (χ4v) is 4.20. The van der Waals surface area contributed by atoms with Gasteiger partial charge in [0.25, 0.3) is 5.91 Å². The molecule has 158 valence electrons. The first-order valence-electron chi connectivity index (χ1n) is 10.6. The third-order valence-corrected chi connectivity index (χ3v) is 5.69. The number of rotatable bonds is 7. The largest absolute Gasteiger partial charge is 0.493 e. The van der Waals surface area contributed by atoms with Gasteiger partial charge in [-0.15, -0.1) is 0 Å². The van der Waals surface area contributed by atoms with E-state index in [0.29, 0.717) is 24.5 Å². The van der Waals surface area contributed by atoms with Crippen LogP contribution in [0, 0.1) is 0 Å². The molecule has 0 aliphatic carbocycles. The van der Waals surface area contributed by atoms with Crippen molar-refractivity contribution < 1.29 is 9.53 Å². The van der Waals surface area contributed by atoms with E-state index in [-0.39, 0.29) is 17.6 Å². The number of aromatic amines is 1. The van der Waals surface area contributed by atoms with E-state index in [0.717, 1.165) is 43.5 Å². The van der Waals surface area contributed by atoms with Crippen LogP contribution in [0.25, 0.3) is 11.0 Å². The van der Waals surface area contributed by atoms with Crippen molar-refractivity contribution in [3.05, 3.63) is 64.6 Å². The van der Waals surface area contributed by atoms with Crippen molar-refractivity contribution in [3.8, 4) is 5.75 Å². The molecule has 1 aliphatic heterocycles. The van der Waals surface area contributed by atoms with Crippen LogP contribution in [0.15, 0.2) is 53.3 Å². The number of imidazole rings is 1. The van der Waals surface area contributed by atoms with Crippen molar-refractivity contribution >= 4 is 16.9 Å². The fourth-order valence-electron chi connectivity index (χ4n) is 4.20. The van der Waals surface area contributed by atoms with Crippen LogP contribution in [0.1, 0.15) is 36.2 Å². The smallest absolute Gasteiger partial charge is 0.326 e. The lowest BCUT2D eigenvalue weighted by molar-refractivity contribution is 0.0940. The summed E-state index contributed by atoms with van der Waals surface area (Å²) in [6.45, 7) is 5.61. The second-order valence-electron chi connectivity index (χ2n) is 7.58. The van der Waals surface area contributed by atoms with Gasteiger partial charge in [0.05, 0.1) is 23.2 Å². The minimum absolute atomic E-state index is 0.0325. The monoisotopic (exact) mass is 408 g/mol. The molecular weight excluding hydrogens is 380 g/mol.